The number of aromatic nitrogens is 1. The molecule has 0 saturated carbocycles. The van der Waals surface area contributed by atoms with Crippen LogP contribution < -0.4 is 10.3 Å². The van der Waals surface area contributed by atoms with Gasteiger partial charge in [0.05, 0.1) is 5.56 Å². The molecule has 0 unspecified atom stereocenters. The predicted octanol–water partition coefficient (Wildman–Crippen LogP) is 5.11. The first kappa shape index (κ1) is 17.7. The fraction of sp³-hybridized carbons (Fsp3) is 0.160. The van der Waals surface area contributed by atoms with E-state index in [-0.39, 0.29) is 5.56 Å². The molecule has 2 aromatic carbocycles. The Morgan fingerprint density at radius 2 is 1.87 bits per heavy atom. The normalized spacial score (nSPS) is 21.4. The molecule has 0 radical (unpaired) electrons. The van der Waals surface area contributed by atoms with Crippen LogP contribution in [-0.2, 0) is 16.9 Å². The van der Waals surface area contributed by atoms with Crippen molar-refractivity contribution >= 4 is 11.3 Å². The van der Waals surface area contributed by atoms with Crippen molar-refractivity contribution < 1.29 is 9.47 Å². The lowest BCUT2D eigenvalue weighted by Gasteiger charge is -2.46. The average molecular weight is 413 g/mol. The summed E-state index contributed by atoms with van der Waals surface area (Å²) in [5.74, 6) is -0.300. The maximum atomic E-state index is 13.7. The van der Waals surface area contributed by atoms with E-state index in [0.717, 1.165) is 28.1 Å². The predicted molar refractivity (Wildman–Crippen MR) is 116 cm³/mol. The molecule has 2 aliphatic heterocycles. The number of hydrogen-bond donors (Lipinski definition) is 0. The fourth-order valence-corrected chi connectivity index (χ4v) is 5.31. The van der Waals surface area contributed by atoms with E-state index in [1.54, 1.807) is 15.9 Å². The van der Waals surface area contributed by atoms with Gasteiger partial charge in [0.1, 0.15) is 11.9 Å². The number of ether oxygens (including phenoxy) is 2. The minimum absolute atomic E-state index is 0.100. The van der Waals surface area contributed by atoms with Crippen molar-refractivity contribution in [2.45, 2.75) is 25.2 Å². The number of nitrogens with zero attached hydrogens (tertiary/aromatic N) is 1. The number of hydrogen-bond acceptors (Lipinski definition) is 4. The van der Waals surface area contributed by atoms with Crippen LogP contribution in [0, 0.1) is 6.92 Å². The third kappa shape index (κ3) is 2.46. The molecule has 0 spiro atoms. The lowest BCUT2D eigenvalue weighted by atomic mass is 9.85. The Hall–Kier alpha value is -3.15. The van der Waals surface area contributed by atoms with Gasteiger partial charge in [0.15, 0.2) is 0 Å². The minimum atomic E-state index is -0.913. The first-order chi connectivity index (χ1) is 14.7. The highest BCUT2D eigenvalue weighted by molar-refractivity contribution is 7.08. The number of fused-ring (bicyclic) bond motifs is 6. The lowest BCUT2D eigenvalue weighted by molar-refractivity contribution is -0.237. The van der Waals surface area contributed by atoms with Crippen molar-refractivity contribution in [3.8, 4) is 11.4 Å². The van der Waals surface area contributed by atoms with Crippen LogP contribution in [0.1, 0.15) is 34.1 Å². The van der Waals surface area contributed by atoms with Crippen molar-refractivity contribution in [2.24, 2.45) is 0 Å². The topological polar surface area (TPSA) is 40.5 Å². The van der Waals surface area contributed by atoms with Crippen LogP contribution in [0.25, 0.3) is 5.69 Å². The highest BCUT2D eigenvalue weighted by atomic mass is 32.1. The SMILES string of the molecule is Cc1cc2c(c(=O)n1-c1ccccc1)[C@H]1O[C@](c3ccsc3)(Cc3ccccc31)O2. The van der Waals surface area contributed by atoms with Crippen molar-refractivity contribution in [1.82, 2.24) is 4.57 Å². The number of para-hydroxylation sites is 1. The molecule has 2 bridgehead atoms. The number of thiophene rings is 1. The molecule has 0 amide bonds. The first-order valence-electron chi connectivity index (χ1n) is 9.95. The highest BCUT2D eigenvalue weighted by Gasteiger charge is 2.50. The van der Waals surface area contributed by atoms with Crippen molar-refractivity contribution in [3.05, 3.63) is 116 Å². The molecule has 2 aromatic heterocycles. The monoisotopic (exact) mass is 413 g/mol. The molecule has 0 N–H and O–H groups in total. The summed E-state index contributed by atoms with van der Waals surface area (Å²) in [7, 11) is 0. The molecule has 148 valence electrons. The van der Waals surface area contributed by atoms with Crippen LogP contribution in [0.15, 0.2) is 82.3 Å². The third-order valence-corrected chi connectivity index (χ3v) is 6.66. The van der Waals surface area contributed by atoms with Crippen LogP contribution in [0.3, 0.4) is 0 Å². The zero-order valence-corrected chi connectivity index (χ0v) is 17.2. The van der Waals surface area contributed by atoms with Gasteiger partial charge in [-0.05, 0) is 41.6 Å². The molecule has 4 heterocycles. The van der Waals surface area contributed by atoms with Gasteiger partial charge in [-0.15, -0.1) is 0 Å². The van der Waals surface area contributed by atoms with Crippen molar-refractivity contribution in [1.29, 1.82) is 0 Å². The van der Waals surface area contributed by atoms with Gasteiger partial charge in [-0.25, -0.2) is 0 Å². The van der Waals surface area contributed by atoms with Crippen molar-refractivity contribution in [2.75, 3.05) is 0 Å². The van der Waals surface area contributed by atoms with E-state index >= 15 is 0 Å². The summed E-state index contributed by atoms with van der Waals surface area (Å²) >= 11 is 1.62. The van der Waals surface area contributed by atoms with Crippen LogP contribution >= 0.6 is 11.3 Å². The standard InChI is InChI=1S/C25H19NO3S/c1-16-13-21-22(24(27)26(16)19-8-3-2-4-9-19)23-20-10-6-5-7-17(20)14-25(28-21,29-23)18-11-12-30-15-18/h2-13,15,23H,14H2,1H3/t23-,25-/m0/s1. The number of aryl methyl sites for hydroxylation is 1. The highest BCUT2D eigenvalue weighted by Crippen LogP contribution is 2.51. The van der Waals surface area contributed by atoms with E-state index < -0.39 is 11.9 Å². The summed E-state index contributed by atoms with van der Waals surface area (Å²) < 4.78 is 14.8. The van der Waals surface area contributed by atoms with E-state index in [2.05, 4.69) is 17.5 Å². The second-order valence-corrected chi connectivity index (χ2v) is 8.56. The first-order valence-corrected chi connectivity index (χ1v) is 10.9. The van der Waals surface area contributed by atoms with Crippen LogP contribution in [0.2, 0.25) is 0 Å². The summed E-state index contributed by atoms with van der Waals surface area (Å²) in [5.41, 5.74) is 5.30. The maximum absolute atomic E-state index is 13.7. The Balaban J connectivity index is 1.63. The fourth-order valence-electron chi connectivity index (χ4n) is 4.60. The second-order valence-electron chi connectivity index (χ2n) is 7.78. The van der Waals surface area contributed by atoms with Crippen LogP contribution in [0.5, 0.6) is 5.75 Å². The Morgan fingerprint density at radius 1 is 1.07 bits per heavy atom. The molecule has 4 aromatic rings. The number of pyridine rings is 1. The van der Waals surface area contributed by atoms with Crippen molar-refractivity contribution in [3.63, 3.8) is 0 Å². The van der Waals surface area contributed by atoms with E-state index in [1.807, 2.05) is 66.9 Å². The van der Waals surface area contributed by atoms with E-state index in [1.165, 1.54) is 0 Å². The average Bonchev–Trinajstić information content (AvgIpc) is 3.30. The van der Waals surface area contributed by atoms with Gasteiger partial charge in [-0.2, -0.15) is 11.3 Å². The smallest absolute Gasteiger partial charge is 0.265 e. The molecule has 0 saturated heterocycles. The molecule has 4 nitrogen and oxygen atoms in total. The molecular formula is C25H19NO3S. The summed E-state index contributed by atoms with van der Waals surface area (Å²) in [6, 6.07) is 21.9. The Morgan fingerprint density at radius 3 is 2.67 bits per heavy atom. The summed E-state index contributed by atoms with van der Waals surface area (Å²) in [5, 5.41) is 4.09. The molecule has 0 aliphatic carbocycles. The van der Waals surface area contributed by atoms with E-state index in [4.69, 9.17) is 9.47 Å². The largest absolute Gasteiger partial charge is 0.457 e. The molecule has 2 atom stereocenters. The summed E-state index contributed by atoms with van der Waals surface area (Å²) in [6.07, 6.45) is 0.137. The van der Waals surface area contributed by atoms with Gasteiger partial charge in [0.25, 0.3) is 5.56 Å². The van der Waals surface area contributed by atoms with Gasteiger partial charge in [-0.3, -0.25) is 9.36 Å². The summed E-state index contributed by atoms with van der Waals surface area (Å²) in [6.45, 7) is 1.94. The molecule has 6 rings (SSSR count). The van der Waals surface area contributed by atoms with Crippen LogP contribution in [-0.4, -0.2) is 4.57 Å². The third-order valence-electron chi connectivity index (χ3n) is 5.97. The second kappa shape index (κ2) is 6.42. The Kier molecular flexibility index (Phi) is 3.79. The minimum Gasteiger partial charge on any atom is -0.457 e. The van der Waals surface area contributed by atoms with E-state index in [0.29, 0.717) is 17.7 Å². The number of benzene rings is 2. The maximum Gasteiger partial charge on any atom is 0.265 e. The molecule has 5 heteroatoms. The van der Waals surface area contributed by atoms with Gasteiger partial charge in [-0.1, -0.05) is 42.5 Å². The number of rotatable bonds is 2. The van der Waals surface area contributed by atoms with Gasteiger partial charge >= 0.3 is 0 Å². The summed E-state index contributed by atoms with van der Waals surface area (Å²) in [4.78, 5) is 13.7. The Labute approximate surface area is 178 Å². The molecular weight excluding hydrogens is 394 g/mol. The quantitative estimate of drug-likeness (QED) is 0.458. The molecule has 2 aliphatic rings. The lowest BCUT2D eigenvalue weighted by Crippen LogP contribution is -2.48. The van der Waals surface area contributed by atoms with Crippen LogP contribution in [0.4, 0.5) is 0 Å². The van der Waals surface area contributed by atoms with Gasteiger partial charge in [0.2, 0.25) is 5.79 Å². The molecule has 0 fully saturated rings. The van der Waals surface area contributed by atoms with Gasteiger partial charge in [0, 0.05) is 34.8 Å². The van der Waals surface area contributed by atoms with E-state index in [9.17, 15) is 4.79 Å². The zero-order chi connectivity index (χ0) is 20.3. The Bertz CT molecular complexity index is 1310. The van der Waals surface area contributed by atoms with Gasteiger partial charge < -0.3 is 9.47 Å². The zero-order valence-electron chi connectivity index (χ0n) is 16.4. The molecule has 30 heavy (non-hydrogen) atoms.